The molecule has 0 saturated heterocycles. The van der Waals surface area contributed by atoms with Crippen LogP contribution in [0.5, 0.6) is 5.75 Å². The number of carbonyl (C=O) groups is 2. The van der Waals surface area contributed by atoms with Gasteiger partial charge in [-0.3, -0.25) is 9.59 Å². The first-order valence-electron chi connectivity index (χ1n) is 6.66. The van der Waals surface area contributed by atoms with Gasteiger partial charge < -0.3 is 20.5 Å². The molecule has 0 aliphatic carbocycles. The second kappa shape index (κ2) is 9.02. The molecule has 7 heteroatoms. The smallest absolute Gasteiger partial charge is 0.307 e. The monoisotopic (exact) mass is 303 g/mol. The Morgan fingerprint density at radius 1 is 1.45 bits per heavy atom. The number of benzene rings is 1. The van der Waals surface area contributed by atoms with Gasteiger partial charge in [-0.1, -0.05) is 6.07 Å². The SMILES string of the molecule is CCOC(=O)CCN/C=C(/C#N)C(=O)Nc1cccc(O)c1. The molecule has 22 heavy (non-hydrogen) atoms. The molecule has 0 bridgehead atoms. The zero-order valence-corrected chi connectivity index (χ0v) is 12.1. The van der Waals surface area contributed by atoms with Crippen molar-refractivity contribution in [3.05, 3.63) is 36.0 Å². The highest BCUT2D eigenvalue weighted by Gasteiger charge is 2.09. The van der Waals surface area contributed by atoms with E-state index in [1.54, 1.807) is 25.1 Å². The highest BCUT2D eigenvalue weighted by atomic mass is 16.5. The van der Waals surface area contributed by atoms with Gasteiger partial charge in [0.05, 0.1) is 13.0 Å². The maximum atomic E-state index is 11.9. The molecule has 0 heterocycles. The largest absolute Gasteiger partial charge is 0.508 e. The van der Waals surface area contributed by atoms with Crippen LogP contribution in [0.4, 0.5) is 5.69 Å². The van der Waals surface area contributed by atoms with Gasteiger partial charge in [-0.15, -0.1) is 0 Å². The fourth-order valence-electron chi connectivity index (χ4n) is 1.51. The highest BCUT2D eigenvalue weighted by molar-refractivity contribution is 6.06. The summed E-state index contributed by atoms with van der Waals surface area (Å²) < 4.78 is 4.75. The Bertz CT molecular complexity index is 605. The van der Waals surface area contributed by atoms with Crippen molar-refractivity contribution in [2.75, 3.05) is 18.5 Å². The van der Waals surface area contributed by atoms with Crippen molar-refractivity contribution in [3.63, 3.8) is 0 Å². The summed E-state index contributed by atoms with van der Waals surface area (Å²) in [6.07, 6.45) is 1.37. The highest BCUT2D eigenvalue weighted by Crippen LogP contribution is 2.15. The van der Waals surface area contributed by atoms with E-state index in [2.05, 4.69) is 10.6 Å². The molecule has 7 nitrogen and oxygen atoms in total. The Morgan fingerprint density at radius 2 is 2.23 bits per heavy atom. The zero-order valence-electron chi connectivity index (χ0n) is 12.1. The van der Waals surface area contributed by atoms with Gasteiger partial charge in [0.1, 0.15) is 17.4 Å². The molecule has 0 atom stereocenters. The molecule has 0 radical (unpaired) electrons. The lowest BCUT2D eigenvalue weighted by molar-refractivity contribution is -0.142. The molecule has 0 aliphatic rings. The van der Waals surface area contributed by atoms with Crippen LogP contribution in [0.1, 0.15) is 13.3 Å². The Kier molecular flexibility index (Phi) is 6.99. The summed E-state index contributed by atoms with van der Waals surface area (Å²) in [4.78, 5) is 23.0. The number of amides is 1. The number of rotatable bonds is 7. The van der Waals surface area contributed by atoms with Gasteiger partial charge in [0.2, 0.25) is 0 Å². The van der Waals surface area contributed by atoms with E-state index in [0.717, 1.165) is 0 Å². The first-order chi connectivity index (χ1) is 10.6. The van der Waals surface area contributed by atoms with Crippen LogP contribution in [-0.2, 0) is 14.3 Å². The predicted octanol–water partition coefficient (Wildman–Crippen LogP) is 1.28. The van der Waals surface area contributed by atoms with Crippen LogP contribution in [0.15, 0.2) is 36.0 Å². The number of ether oxygens (including phenoxy) is 1. The normalized spacial score (nSPS) is 10.5. The molecular weight excluding hydrogens is 286 g/mol. The molecular formula is C15H17N3O4. The maximum absolute atomic E-state index is 11.9. The topological polar surface area (TPSA) is 111 Å². The molecule has 0 aromatic heterocycles. The van der Waals surface area contributed by atoms with Gasteiger partial charge in [0.15, 0.2) is 0 Å². The Morgan fingerprint density at radius 3 is 2.86 bits per heavy atom. The van der Waals surface area contributed by atoms with Gasteiger partial charge in [0.25, 0.3) is 5.91 Å². The third-order valence-corrected chi connectivity index (χ3v) is 2.49. The second-order valence-electron chi connectivity index (χ2n) is 4.18. The average molecular weight is 303 g/mol. The van der Waals surface area contributed by atoms with Gasteiger partial charge in [-0.05, 0) is 19.1 Å². The van der Waals surface area contributed by atoms with E-state index in [0.29, 0.717) is 12.3 Å². The number of carbonyl (C=O) groups excluding carboxylic acids is 2. The van der Waals surface area contributed by atoms with Crippen molar-refractivity contribution in [3.8, 4) is 11.8 Å². The van der Waals surface area contributed by atoms with Crippen molar-refractivity contribution in [1.82, 2.24) is 5.32 Å². The lowest BCUT2D eigenvalue weighted by atomic mass is 10.2. The van der Waals surface area contributed by atoms with E-state index in [1.165, 1.54) is 18.3 Å². The van der Waals surface area contributed by atoms with Crippen molar-refractivity contribution < 1.29 is 19.4 Å². The minimum Gasteiger partial charge on any atom is -0.508 e. The number of hydrogen-bond donors (Lipinski definition) is 3. The second-order valence-corrected chi connectivity index (χ2v) is 4.18. The number of phenolic OH excluding ortho intramolecular Hbond substituents is 1. The summed E-state index contributed by atoms with van der Waals surface area (Å²) in [5, 5.41) is 23.5. The van der Waals surface area contributed by atoms with Gasteiger partial charge >= 0.3 is 5.97 Å². The molecule has 1 aromatic carbocycles. The summed E-state index contributed by atoms with van der Waals surface area (Å²) in [7, 11) is 0. The van der Waals surface area contributed by atoms with Crippen LogP contribution in [0.3, 0.4) is 0 Å². The van der Waals surface area contributed by atoms with E-state index in [4.69, 9.17) is 10.00 Å². The predicted molar refractivity (Wildman–Crippen MR) is 79.7 cm³/mol. The van der Waals surface area contributed by atoms with Crippen molar-refractivity contribution in [2.24, 2.45) is 0 Å². The summed E-state index contributed by atoms with van der Waals surface area (Å²) in [5.74, 6) is -0.962. The number of anilines is 1. The number of esters is 1. The molecule has 1 aromatic rings. The maximum Gasteiger partial charge on any atom is 0.307 e. The van der Waals surface area contributed by atoms with E-state index in [-0.39, 0.29) is 30.3 Å². The van der Waals surface area contributed by atoms with Crippen molar-refractivity contribution in [1.29, 1.82) is 5.26 Å². The lowest BCUT2D eigenvalue weighted by Crippen LogP contribution is -2.19. The fraction of sp³-hybridized carbons (Fsp3) is 0.267. The number of phenols is 1. The summed E-state index contributed by atoms with van der Waals surface area (Å²) in [6, 6.07) is 7.74. The fourth-order valence-corrected chi connectivity index (χ4v) is 1.51. The van der Waals surface area contributed by atoms with E-state index >= 15 is 0 Å². The van der Waals surface area contributed by atoms with E-state index in [9.17, 15) is 14.7 Å². The number of nitrogens with one attached hydrogen (secondary N) is 2. The molecule has 0 spiro atoms. The number of nitriles is 1. The van der Waals surface area contributed by atoms with Crippen LogP contribution in [-0.4, -0.2) is 30.1 Å². The summed E-state index contributed by atoms with van der Waals surface area (Å²) in [5.41, 5.74) is 0.227. The van der Waals surface area contributed by atoms with Crippen LogP contribution >= 0.6 is 0 Å². The first kappa shape index (κ1) is 17.0. The average Bonchev–Trinajstić information content (AvgIpc) is 2.47. The van der Waals surface area contributed by atoms with Crippen molar-refractivity contribution in [2.45, 2.75) is 13.3 Å². The van der Waals surface area contributed by atoms with Gasteiger partial charge in [-0.2, -0.15) is 5.26 Å². The molecule has 1 rings (SSSR count). The molecule has 1 amide bonds. The molecule has 0 saturated carbocycles. The summed E-state index contributed by atoms with van der Waals surface area (Å²) in [6.45, 7) is 2.28. The summed E-state index contributed by atoms with van der Waals surface area (Å²) >= 11 is 0. The zero-order chi connectivity index (χ0) is 16.4. The first-order valence-corrected chi connectivity index (χ1v) is 6.66. The Labute approximate surface area is 128 Å². The molecule has 0 unspecified atom stereocenters. The van der Waals surface area contributed by atoms with Gasteiger partial charge in [-0.25, -0.2) is 0 Å². The number of nitrogens with zero attached hydrogens (tertiary/aromatic N) is 1. The minimum absolute atomic E-state index is 0.00727. The molecule has 0 fully saturated rings. The van der Waals surface area contributed by atoms with E-state index in [1.807, 2.05) is 0 Å². The molecule has 0 aliphatic heterocycles. The molecule has 3 N–H and O–H groups in total. The van der Waals surface area contributed by atoms with Crippen LogP contribution < -0.4 is 10.6 Å². The van der Waals surface area contributed by atoms with Gasteiger partial charge in [0, 0.05) is 24.5 Å². The lowest BCUT2D eigenvalue weighted by Gasteiger charge is -2.05. The number of aromatic hydroxyl groups is 1. The van der Waals surface area contributed by atoms with Crippen LogP contribution in [0.2, 0.25) is 0 Å². The Hall–Kier alpha value is -3.01. The Balaban J connectivity index is 2.52. The van der Waals surface area contributed by atoms with Crippen LogP contribution in [0, 0.1) is 11.3 Å². The van der Waals surface area contributed by atoms with Crippen molar-refractivity contribution >= 4 is 17.6 Å². The third-order valence-electron chi connectivity index (χ3n) is 2.49. The quantitative estimate of drug-likeness (QED) is 0.303. The van der Waals surface area contributed by atoms with Crippen LogP contribution in [0.25, 0.3) is 0 Å². The number of hydrogen-bond acceptors (Lipinski definition) is 6. The minimum atomic E-state index is -0.614. The third kappa shape index (κ3) is 5.96. The van der Waals surface area contributed by atoms with E-state index < -0.39 is 5.91 Å². The molecule has 116 valence electrons. The standard InChI is InChI=1S/C15H17N3O4/c1-2-22-14(20)6-7-17-10-11(9-16)15(21)18-12-4-3-5-13(19)8-12/h3-5,8,10,17,19H,2,6-7H2,1H3,(H,18,21)/b11-10-.